The Bertz CT molecular complexity index is 3280. The molecule has 0 aliphatic carbocycles. The van der Waals surface area contributed by atoms with Gasteiger partial charge in [-0.1, -0.05) is 65.2 Å². The van der Waals surface area contributed by atoms with Crippen molar-refractivity contribution in [1.29, 1.82) is 0 Å². The fraction of sp³-hybridized carbons (Fsp3) is 0.259. The summed E-state index contributed by atoms with van der Waals surface area (Å²) in [7, 11) is 0. The van der Waals surface area contributed by atoms with Crippen molar-refractivity contribution in [1.82, 2.24) is 19.8 Å². The normalized spacial score (nSPS) is 15.5. The first-order valence-electron chi connectivity index (χ1n) is 24.0. The van der Waals surface area contributed by atoms with Crippen molar-refractivity contribution in [2.45, 2.75) is 78.1 Å². The summed E-state index contributed by atoms with van der Waals surface area (Å²) in [6, 6.07) is 26.8. The number of benzene rings is 1. The zero-order chi connectivity index (χ0) is 49.3. The van der Waals surface area contributed by atoms with E-state index in [-0.39, 0.29) is 40.8 Å². The molecule has 2 aliphatic heterocycles. The SMILES string of the molecule is CCCCCCCN1C(=O)/C(=C/c2ccc(-c3ccc(-c4cnc(-c5cc6cc7sc(-c8ncc(-c9ccc(-c%10ccc(/C=C%11\SC(=S)N(CCCCCCC)C%11=O)s%10)s9)[se]8)cc7cc6s5)[se]4)s3)s2)SC1=S. The summed E-state index contributed by atoms with van der Waals surface area (Å²) in [6.45, 7) is 5.85. The molecule has 6 nitrogen and oxygen atoms in total. The van der Waals surface area contributed by atoms with Crippen molar-refractivity contribution >= 4 is 198 Å². The van der Waals surface area contributed by atoms with Gasteiger partial charge in [0, 0.05) is 0 Å². The van der Waals surface area contributed by atoms with Crippen LogP contribution in [0.4, 0.5) is 0 Å². The van der Waals surface area contributed by atoms with E-state index in [1.54, 1.807) is 32.5 Å². The molecule has 0 spiro atoms. The van der Waals surface area contributed by atoms with E-state index in [0.29, 0.717) is 21.7 Å². The summed E-state index contributed by atoms with van der Waals surface area (Å²) in [4.78, 5) is 53.5. The van der Waals surface area contributed by atoms with Gasteiger partial charge < -0.3 is 0 Å². The number of thioether (sulfide) groups is 2. The number of thiocarbonyl (C=S) groups is 2. The predicted molar refractivity (Wildman–Crippen MR) is 328 cm³/mol. The molecule has 2 fully saturated rings. The van der Waals surface area contributed by atoms with Crippen molar-refractivity contribution in [3.8, 4) is 57.0 Å². The quantitative estimate of drug-likeness (QED) is 0.0324. The molecule has 9 aromatic rings. The number of hydrogen-bond donors (Lipinski definition) is 0. The molecule has 0 N–H and O–H groups in total. The Morgan fingerprint density at radius 1 is 0.486 bits per heavy atom. The molecule has 2 saturated heterocycles. The summed E-state index contributed by atoms with van der Waals surface area (Å²) in [5.41, 5.74) is 0. The Balaban J connectivity index is 0.719. The minimum atomic E-state index is 0.0425. The van der Waals surface area contributed by atoms with Crippen LogP contribution in [0, 0.1) is 0 Å². The third kappa shape index (κ3) is 11.3. The van der Waals surface area contributed by atoms with Crippen molar-refractivity contribution in [2.75, 3.05) is 13.1 Å². The third-order valence-corrected chi connectivity index (χ3v) is 27.6. The summed E-state index contributed by atoms with van der Waals surface area (Å²) in [5, 5.41) is 2.53. The number of aromatic nitrogens is 2. The van der Waals surface area contributed by atoms with Gasteiger partial charge >= 0.3 is 402 Å². The van der Waals surface area contributed by atoms with Gasteiger partial charge in [0.25, 0.3) is 0 Å². The Morgan fingerprint density at radius 2 is 0.889 bits per heavy atom. The Labute approximate surface area is 474 Å². The molecule has 10 heterocycles. The van der Waals surface area contributed by atoms with Crippen LogP contribution in [0.2, 0.25) is 0 Å². The number of rotatable bonds is 20. The molecule has 0 atom stereocenters. The number of nitrogens with zero attached hydrogens (tertiary/aromatic N) is 4. The Hall–Kier alpha value is -2.90. The second-order valence-electron chi connectivity index (χ2n) is 17.4. The van der Waals surface area contributed by atoms with E-state index in [1.165, 1.54) is 139 Å². The van der Waals surface area contributed by atoms with E-state index in [0.717, 1.165) is 45.2 Å². The predicted octanol–water partition coefficient (Wildman–Crippen LogP) is 17.6. The fourth-order valence-corrected chi connectivity index (χ4v) is 22.2. The summed E-state index contributed by atoms with van der Waals surface area (Å²) in [5.74, 6) is 0.0849. The van der Waals surface area contributed by atoms with Gasteiger partial charge in [-0.15, -0.1) is 0 Å². The van der Waals surface area contributed by atoms with E-state index in [2.05, 4.69) is 99.0 Å². The van der Waals surface area contributed by atoms with E-state index >= 15 is 0 Å². The molecule has 0 bridgehead atoms. The van der Waals surface area contributed by atoms with Gasteiger partial charge in [-0.2, -0.15) is 0 Å². The number of hydrogen-bond acceptors (Lipinski definition) is 14. The van der Waals surface area contributed by atoms with Crippen LogP contribution in [0.15, 0.2) is 95.0 Å². The average molecular weight is 1260 g/mol. The molecular formula is C54H46N4O2S10Se2. The average Bonchev–Trinajstić information content (AvgIpc) is 4.20. The Morgan fingerprint density at radius 3 is 1.33 bits per heavy atom. The van der Waals surface area contributed by atoms with Gasteiger partial charge in [0.05, 0.1) is 0 Å². The number of thiophene rings is 6. The number of amides is 2. The third-order valence-electron chi connectivity index (χ3n) is 12.3. The van der Waals surface area contributed by atoms with Crippen molar-refractivity contribution in [3.63, 3.8) is 0 Å². The van der Waals surface area contributed by atoms with Crippen LogP contribution in [0.1, 0.15) is 87.8 Å². The molecule has 2 amide bonds. The van der Waals surface area contributed by atoms with Crippen molar-refractivity contribution < 1.29 is 9.59 Å². The van der Waals surface area contributed by atoms with Gasteiger partial charge in [-0.25, -0.2) is 0 Å². The van der Waals surface area contributed by atoms with Crippen molar-refractivity contribution in [3.05, 3.63) is 105 Å². The molecule has 0 radical (unpaired) electrons. The van der Waals surface area contributed by atoms with Crippen LogP contribution in [0.3, 0.4) is 0 Å². The fourth-order valence-electron chi connectivity index (χ4n) is 8.51. The van der Waals surface area contributed by atoms with Crippen LogP contribution < -0.4 is 0 Å². The molecule has 366 valence electrons. The number of fused-ring (bicyclic) bond motifs is 2. The first-order valence-corrected chi connectivity index (χ1v) is 34.8. The van der Waals surface area contributed by atoms with Crippen molar-refractivity contribution in [2.24, 2.45) is 0 Å². The van der Waals surface area contributed by atoms with E-state index in [9.17, 15) is 9.59 Å². The molecule has 0 saturated carbocycles. The van der Waals surface area contributed by atoms with Crippen LogP contribution in [0.25, 0.3) is 89.4 Å². The summed E-state index contributed by atoms with van der Waals surface area (Å²) >= 11 is 25.0. The molecule has 8 aromatic heterocycles. The summed E-state index contributed by atoms with van der Waals surface area (Å²) in [6.07, 6.45) is 19.8. The molecule has 11 rings (SSSR count). The van der Waals surface area contributed by atoms with Crippen LogP contribution in [-0.4, -0.2) is 82.3 Å². The number of carbonyl (C=O) groups is 2. The zero-order valence-electron chi connectivity index (χ0n) is 39.2. The van der Waals surface area contributed by atoms with Crippen LogP contribution in [-0.2, 0) is 9.59 Å². The number of carbonyl (C=O) groups excluding carboxylic acids is 2. The van der Waals surface area contributed by atoms with Crippen LogP contribution in [0.5, 0.6) is 0 Å². The molecule has 18 heteroatoms. The zero-order valence-corrected chi connectivity index (χ0v) is 50.8. The maximum absolute atomic E-state index is 13.2. The first kappa shape index (κ1) is 51.2. The van der Waals surface area contributed by atoms with E-state index in [1.807, 2.05) is 57.5 Å². The monoisotopic (exact) mass is 1260 g/mol. The summed E-state index contributed by atoms with van der Waals surface area (Å²) < 4.78 is 8.91. The van der Waals surface area contributed by atoms with Gasteiger partial charge in [0.2, 0.25) is 0 Å². The van der Waals surface area contributed by atoms with Gasteiger partial charge in [-0.3, -0.25) is 0 Å². The van der Waals surface area contributed by atoms with E-state index in [4.69, 9.17) is 34.4 Å². The molecule has 2 aliphatic rings. The Kier molecular flexibility index (Phi) is 16.5. The topological polar surface area (TPSA) is 66.4 Å². The molecule has 0 unspecified atom stereocenters. The number of unbranched alkanes of at least 4 members (excludes halogenated alkanes) is 8. The van der Waals surface area contributed by atoms with Gasteiger partial charge in [-0.05, 0) is 12.8 Å². The van der Waals surface area contributed by atoms with Gasteiger partial charge in [0.1, 0.15) is 0 Å². The minimum absolute atomic E-state index is 0.0425. The molecular weight excluding hydrogens is 1220 g/mol. The van der Waals surface area contributed by atoms with Gasteiger partial charge in [0.15, 0.2) is 0 Å². The molecule has 1 aromatic carbocycles. The second-order valence-corrected chi connectivity index (χ2v) is 31.7. The van der Waals surface area contributed by atoms with Crippen LogP contribution >= 0.6 is 116 Å². The first-order chi connectivity index (χ1) is 35.2. The van der Waals surface area contributed by atoms with E-state index < -0.39 is 0 Å². The molecule has 72 heavy (non-hydrogen) atoms. The standard InChI is InChI=1S/C54H46N4O2S10Se2/c1-3-5-7-9-11-21-57-51(59)45(69-53(57)61)27-33-13-15-35(63-33)37-17-19-39(65-37)47-29-55-49(71-47)43-25-31-23-42-32(24-41(31)67-43)26-44(68-42)50-56-30-48(72-50)40-20-18-38(66-40)36-16-14-34(64-36)28-46-52(60)58(54(62)70-46)22-12-10-8-6-4-2/h13-20,23-30H,3-12,21-22H2,1-2H3/b45-27-,46-28-. The maximum atomic E-state index is 13.2. The second kappa shape index (κ2) is 23.1.